The van der Waals surface area contributed by atoms with E-state index in [2.05, 4.69) is 34.6 Å². The van der Waals surface area contributed by atoms with E-state index in [0.29, 0.717) is 6.54 Å². The van der Waals surface area contributed by atoms with Crippen molar-refractivity contribution in [2.75, 3.05) is 6.54 Å². The van der Waals surface area contributed by atoms with Crippen molar-refractivity contribution in [1.82, 2.24) is 10.3 Å². The highest BCUT2D eigenvalue weighted by Gasteiger charge is 2.05. The van der Waals surface area contributed by atoms with Gasteiger partial charge in [-0.3, -0.25) is 4.79 Å². The topological polar surface area (TPSA) is 44.9 Å². The Bertz CT molecular complexity index is 685. The maximum Gasteiger partial charge on any atom is 0.261 e. The molecule has 3 aromatic rings. The van der Waals surface area contributed by atoms with Crippen molar-refractivity contribution in [3.8, 4) is 0 Å². The first kappa shape index (κ1) is 12.0. The number of benzene rings is 1. The van der Waals surface area contributed by atoms with E-state index in [9.17, 15) is 4.79 Å². The van der Waals surface area contributed by atoms with Crippen LogP contribution in [0.1, 0.15) is 15.2 Å². The summed E-state index contributed by atoms with van der Waals surface area (Å²) >= 11 is 1.46. The predicted molar refractivity (Wildman–Crippen MR) is 78.7 cm³/mol. The Morgan fingerprint density at radius 2 is 2.21 bits per heavy atom. The summed E-state index contributed by atoms with van der Waals surface area (Å²) in [6.45, 7) is 0.659. The molecule has 2 N–H and O–H groups in total. The number of aromatic nitrogens is 1. The average molecular weight is 270 g/mol. The smallest absolute Gasteiger partial charge is 0.261 e. The lowest BCUT2D eigenvalue weighted by molar-refractivity contribution is 0.0958. The second kappa shape index (κ2) is 5.28. The zero-order valence-corrected chi connectivity index (χ0v) is 11.2. The lowest BCUT2D eigenvalue weighted by Gasteiger charge is -2.04. The third kappa shape index (κ3) is 2.69. The molecule has 1 amide bonds. The minimum atomic E-state index is 0.0118. The largest absolute Gasteiger partial charge is 0.361 e. The van der Waals surface area contributed by atoms with Crippen LogP contribution in [0.2, 0.25) is 0 Å². The van der Waals surface area contributed by atoms with Gasteiger partial charge in [0.15, 0.2) is 0 Å². The van der Waals surface area contributed by atoms with E-state index in [1.807, 2.05) is 23.7 Å². The molecule has 0 unspecified atom stereocenters. The number of carbonyl (C=O) groups excluding carboxylic acids is 1. The van der Waals surface area contributed by atoms with Crippen LogP contribution in [0, 0.1) is 0 Å². The molecule has 0 fully saturated rings. The number of H-pyrrole nitrogens is 1. The number of aromatic amines is 1. The summed E-state index contributed by atoms with van der Waals surface area (Å²) in [7, 11) is 0. The van der Waals surface area contributed by atoms with Gasteiger partial charge in [-0.2, -0.15) is 0 Å². The normalized spacial score (nSPS) is 10.7. The lowest BCUT2D eigenvalue weighted by atomic mass is 10.1. The van der Waals surface area contributed by atoms with Crippen LogP contribution in [-0.2, 0) is 6.42 Å². The number of nitrogens with one attached hydrogen (secondary N) is 2. The molecular weight excluding hydrogens is 256 g/mol. The van der Waals surface area contributed by atoms with Crippen molar-refractivity contribution in [2.45, 2.75) is 6.42 Å². The fourth-order valence-corrected chi connectivity index (χ4v) is 2.71. The summed E-state index contributed by atoms with van der Waals surface area (Å²) in [6, 6.07) is 12.1. The van der Waals surface area contributed by atoms with Gasteiger partial charge in [0, 0.05) is 18.3 Å². The number of hydrogen-bond acceptors (Lipinski definition) is 2. The lowest BCUT2D eigenvalue weighted by Crippen LogP contribution is -2.24. The fourth-order valence-electron chi connectivity index (χ4n) is 2.07. The summed E-state index contributed by atoms with van der Waals surface area (Å²) in [6.07, 6.45) is 2.78. The molecular formula is C15H14N2OS. The molecule has 19 heavy (non-hydrogen) atoms. The SMILES string of the molecule is O=C(NCCc1ccc2[nH]ccc2c1)c1cccs1. The van der Waals surface area contributed by atoms with E-state index in [0.717, 1.165) is 16.8 Å². The molecule has 0 spiro atoms. The highest BCUT2D eigenvalue weighted by atomic mass is 32.1. The molecule has 0 saturated carbocycles. The van der Waals surface area contributed by atoms with Crippen molar-refractivity contribution in [2.24, 2.45) is 0 Å². The second-order valence-corrected chi connectivity index (χ2v) is 5.33. The van der Waals surface area contributed by atoms with Crippen molar-refractivity contribution in [3.05, 3.63) is 58.4 Å². The highest BCUT2D eigenvalue weighted by Crippen LogP contribution is 2.14. The van der Waals surface area contributed by atoms with E-state index in [1.165, 1.54) is 22.3 Å². The molecule has 0 radical (unpaired) electrons. The van der Waals surface area contributed by atoms with Crippen LogP contribution in [0.25, 0.3) is 10.9 Å². The van der Waals surface area contributed by atoms with Gasteiger partial charge in [-0.15, -0.1) is 11.3 Å². The standard InChI is InChI=1S/C15H14N2OS/c18-15(14-2-1-9-19-14)17-7-5-11-3-4-13-12(10-11)6-8-16-13/h1-4,6,8-10,16H,5,7H2,(H,17,18). The summed E-state index contributed by atoms with van der Waals surface area (Å²) in [5, 5.41) is 6.06. The quantitative estimate of drug-likeness (QED) is 0.751. The molecule has 0 atom stereocenters. The molecule has 0 aliphatic carbocycles. The van der Waals surface area contributed by atoms with E-state index < -0.39 is 0 Å². The Kier molecular flexibility index (Phi) is 3.33. The molecule has 0 aliphatic heterocycles. The van der Waals surface area contributed by atoms with Gasteiger partial charge < -0.3 is 10.3 Å². The molecule has 3 rings (SSSR count). The third-order valence-electron chi connectivity index (χ3n) is 3.06. The number of fused-ring (bicyclic) bond motifs is 1. The monoisotopic (exact) mass is 270 g/mol. The van der Waals surface area contributed by atoms with Crippen molar-refractivity contribution >= 4 is 28.1 Å². The van der Waals surface area contributed by atoms with Gasteiger partial charge in [-0.1, -0.05) is 12.1 Å². The van der Waals surface area contributed by atoms with Crippen molar-refractivity contribution in [1.29, 1.82) is 0 Å². The Labute approximate surface area is 115 Å². The molecule has 0 saturated heterocycles. The van der Waals surface area contributed by atoms with Gasteiger partial charge in [0.25, 0.3) is 5.91 Å². The molecule has 96 valence electrons. The number of thiophene rings is 1. The summed E-state index contributed by atoms with van der Waals surface area (Å²) in [5.74, 6) is 0.0118. The summed E-state index contributed by atoms with van der Waals surface area (Å²) < 4.78 is 0. The average Bonchev–Trinajstić information content (AvgIpc) is 3.09. The number of hydrogen-bond donors (Lipinski definition) is 2. The zero-order chi connectivity index (χ0) is 13.1. The Morgan fingerprint density at radius 1 is 1.26 bits per heavy atom. The minimum Gasteiger partial charge on any atom is -0.361 e. The highest BCUT2D eigenvalue weighted by molar-refractivity contribution is 7.12. The van der Waals surface area contributed by atoms with E-state index in [1.54, 1.807) is 0 Å². The molecule has 2 aromatic heterocycles. The number of rotatable bonds is 4. The number of amides is 1. The Balaban J connectivity index is 1.58. The Morgan fingerprint density at radius 3 is 3.05 bits per heavy atom. The molecule has 0 aliphatic rings. The summed E-state index contributed by atoms with van der Waals surface area (Å²) in [5.41, 5.74) is 2.38. The predicted octanol–water partition coefficient (Wildman–Crippen LogP) is 3.20. The zero-order valence-electron chi connectivity index (χ0n) is 10.3. The van der Waals surface area contributed by atoms with Crippen LogP contribution >= 0.6 is 11.3 Å². The van der Waals surface area contributed by atoms with Crippen LogP contribution in [0.15, 0.2) is 48.0 Å². The Hall–Kier alpha value is -2.07. The first-order valence-corrected chi connectivity index (χ1v) is 7.08. The fraction of sp³-hybridized carbons (Fsp3) is 0.133. The van der Waals surface area contributed by atoms with Gasteiger partial charge in [-0.05, 0) is 47.0 Å². The van der Waals surface area contributed by atoms with E-state index >= 15 is 0 Å². The minimum absolute atomic E-state index is 0.0118. The van der Waals surface area contributed by atoms with E-state index in [4.69, 9.17) is 0 Å². The number of carbonyl (C=O) groups is 1. The van der Waals surface area contributed by atoms with Crippen molar-refractivity contribution in [3.63, 3.8) is 0 Å². The molecule has 2 heterocycles. The molecule has 0 bridgehead atoms. The van der Waals surface area contributed by atoms with Crippen molar-refractivity contribution < 1.29 is 4.79 Å². The maximum atomic E-state index is 11.8. The third-order valence-corrected chi connectivity index (χ3v) is 3.93. The van der Waals surface area contributed by atoms with Gasteiger partial charge in [0.1, 0.15) is 0 Å². The molecule has 4 heteroatoms. The van der Waals surface area contributed by atoms with E-state index in [-0.39, 0.29) is 5.91 Å². The second-order valence-electron chi connectivity index (χ2n) is 4.38. The van der Waals surface area contributed by atoms with Crippen LogP contribution in [0.4, 0.5) is 0 Å². The first-order chi connectivity index (χ1) is 9.33. The van der Waals surface area contributed by atoms with Crippen LogP contribution < -0.4 is 5.32 Å². The van der Waals surface area contributed by atoms with Crippen LogP contribution in [-0.4, -0.2) is 17.4 Å². The maximum absolute atomic E-state index is 11.8. The van der Waals surface area contributed by atoms with Crippen LogP contribution in [0.5, 0.6) is 0 Å². The van der Waals surface area contributed by atoms with Crippen LogP contribution in [0.3, 0.4) is 0 Å². The molecule has 1 aromatic carbocycles. The van der Waals surface area contributed by atoms with Gasteiger partial charge in [-0.25, -0.2) is 0 Å². The van der Waals surface area contributed by atoms with Gasteiger partial charge in [0.05, 0.1) is 4.88 Å². The van der Waals surface area contributed by atoms with Gasteiger partial charge >= 0.3 is 0 Å². The molecule has 3 nitrogen and oxygen atoms in total. The summed E-state index contributed by atoms with van der Waals surface area (Å²) in [4.78, 5) is 15.7. The first-order valence-electron chi connectivity index (χ1n) is 6.21. The van der Waals surface area contributed by atoms with Gasteiger partial charge in [0.2, 0.25) is 0 Å².